The maximum atomic E-state index is 5.90. The van der Waals surface area contributed by atoms with E-state index in [-0.39, 0.29) is 0 Å². The van der Waals surface area contributed by atoms with Gasteiger partial charge in [-0.15, -0.1) is 0 Å². The molecule has 0 N–H and O–H groups in total. The first-order chi connectivity index (χ1) is 8.81. The molecule has 2 aromatic rings. The summed E-state index contributed by atoms with van der Waals surface area (Å²) in [5.74, 6) is 3.26. The first kappa shape index (κ1) is 11.0. The second-order valence-corrected chi connectivity index (χ2v) is 4.19. The van der Waals surface area contributed by atoms with Gasteiger partial charge in [-0.25, -0.2) is 0 Å². The van der Waals surface area contributed by atoms with Crippen LogP contribution in [0.4, 0.5) is 0 Å². The topological polar surface area (TPSA) is 27.7 Å². The van der Waals surface area contributed by atoms with E-state index in [4.69, 9.17) is 14.2 Å². The highest BCUT2D eigenvalue weighted by molar-refractivity contribution is 5.58. The number of ether oxygens (including phenoxy) is 3. The van der Waals surface area contributed by atoms with Gasteiger partial charge in [0.15, 0.2) is 0 Å². The maximum Gasteiger partial charge on any atom is 0.138 e. The van der Waals surface area contributed by atoms with Gasteiger partial charge in [-0.2, -0.15) is 0 Å². The average molecular weight is 242 g/mol. The third-order valence-electron chi connectivity index (χ3n) is 3.16. The largest absolute Gasteiger partial charge is 0.496 e. The van der Waals surface area contributed by atoms with Crippen molar-refractivity contribution >= 4 is 0 Å². The summed E-state index contributed by atoms with van der Waals surface area (Å²) in [4.78, 5) is 0. The van der Waals surface area contributed by atoms with Gasteiger partial charge in [0.2, 0.25) is 0 Å². The molecule has 0 atom stereocenters. The molecule has 1 aliphatic heterocycles. The molecule has 1 aliphatic rings. The number of benzene rings is 2. The van der Waals surface area contributed by atoms with Gasteiger partial charge in [-0.05, 0) is 11.6 Å². The van der Waals surface area contributed by atoms with Gasteiger partial charge >= 0.3 is 0 Å². The number of para-hydroxylation sites is 1. The van der Waals surface area contributed by atoms with Crippen LogP contribution in [0.2, 0.25) is 0 Å². The van der Waals surface area contributed by atoms with E-state index in [1.807, 2.05) is 30.3 Å². The third-order valence-corrected chi connectivity index (χ3v) is 3.16. The molecule has 18 heavy (non-hydrogen) atoms. The van der Waals surface area contributed by atoms with Crippen LogP contribution in [0, 0.1) is 0 Å². The molecule has 0 saturated heterocycles. The van der Waals surface area contributed by atoms with E-state index in [9.17, 15) is 0 Å². The molecule has 0 bridgehead atoms. The zero-order valence-corrected chi connectivity index (χ0v) is 10.4. The summed E-state index contributed by atoms with van der Waals surface area (Å²) in [5.41, 5.74) is 2.24. The van der Waals surface area contributed by atoms with E-state index in [0.717, 1.165) is 35.0 Å². The van der Waals surface area contributed by atoms with Crippen molar-refractivity contribution in [1.82, 2.24) is 0 Å². The molecule has 0 saturated carbocycles. The Kier molecular flexibility index (Phi) is 2.59. The van der Waals surface area contributed by atoms with Crippen LogP contribution >= 0.6 is 0 Å². The van der Waals surface area contributed by atoms with Crippen LogP contribution in [0.15, 0.2) is 36.4 Å². The minimum absolute atomic E-state index is 0.741. The lowest BCUT2D eigenvalue weighted by Gasteiger charge is -2.22. The zero-order chi connectivity index (χ0) is 12.5. The van der Waals surface area contributed by atoms with Crippen molar-refractivity contribution in [2.75, 3.05) is 14.2 Å². The number of fused-ring (bicyclic) bond motifs is 2. The molecule has 3 rings (SSSR count). The minimum Gasteiger partial charge on any atom is -0.496 e. The van der Waals surface area contributed by atoms with E-state index in [1.54, 1.807) is 14.2 Å². The van der Waals surface area contributed by atoms with Crippen LogP contribution in [0.3, 0.4) is 0 Å². The molecule has 0 spiro atoms. The molecule has 92 valence electrons. The normalized spacial score (nSPS) is 12.1. The van der Waals surface area contributed by atoms with Gasteiger partial charge in [0, 0.05) is 24.1 Å². The fraction of sp³-hybridized carbons (Fsp3) is 0.200. The Balaban J connectivity index is 2.11. The summed E-state index contributed by atoms with van der Waals surface area (Å²) < 4.78 is 16.6. The van der Waals surface area contributed by atoms with Crippen molar-refractivity contribution in [3.8, 4) is 23.0 Å². The second-order valence-electron chi connectivity index (χ2n) is 4.19. The van der Waals surface area contributed by atoms with Gasteiger partial charge in [-0.1, -0.05) is 18.2 Å². The van der Waals surface area contributed by atoms with E-state index >= 15 is 0 Å². The molecular formula is C15H14O3. The smallest absolute Gasteiger partial charge is 0.138 e. The number of rotatable bonds is 2. The summed E-state index contributed by atoms with van der Waals surface area (Å²) in [5, 5.41) is 0. The van der Waals surface area contributed by atoms with E-state index in [2.05, 4.69) is 6.07 Å². The predicted molar refractivity (Wildman–Crippen MR) is 68.9 cm³/mol. The Morgan fingerprint density at radius 2 is 1.83 bits per heavy atom. The summed E-state index contributed by atoms with van der Waals surface area (Å²) in [6.07, 6.45) is 0.818. The van der Waals surface area contributed by atoms with Crippen LogP contribution in [-0.2, 0) is 6.42 Å². The first-order valence-corrected chi connectivity index (χ1v) is 5.82. The standard InChI is InChI=1S/C15H14O3/c1-16-11-8-14(17-2)12-7-10-5-3-4-6-13(10)18-15(12)9-11/h3-6,8-9H,7H2,1-2H3. The molecule has 2 aromatic carbocycles. The Hall–Kier alpha value is -2.16. The van der Waals surface area contributed by atoms with Crippen LogP contribution < -0.4 is 14.2 Å². The quantitative estimate of drug-likeness (QED) is 0.689. The number of methoxy groups -OCH3 is 2. The van der Waals surface area contributed by atoms with Crippen LogP contribution in [0.5, 0.6) is 23.0 Å². The summed E-state index contributed by atoms with van der Waals surface area (Å²) in [6, 6.07) is 11.8. The lowest BCUT2D eigenvalue weighted by molar-refractivity contribution is 0.378. The van der Waals surface area contributed by atoms with Gasteiger partial charge in [-0.3, -0.25) is 0 Å². The molecule has 0 aromatic heterocycles. The van der Waals surface area contributed by atoms with Crippen molar-refractivity contribution in [3.05, 3.63) is 47.5 Å². The average Bonchev–Trinajstić information content (AvgIpc) is 2.43. The van der Waals surface area contributed by atoms with Crippen molar-refractivity contribution in [2.45, 2.75) is 6.42 Å². The second kappa shape index (κ2) is 4.26. The summed E-state index contributed by atoms with van der Waals surface area (Å²) >= 11 is 0. The fourth-order valence-electron chi connectivity index (χ4n) is 2.22. The molecule has 1 heterocycles. The molecule has 0 aliphatic carbocycles. The number of hydrogen-bond acceptors (Lipinski definition) is 3. The zero-order valence-electron chi connectivity index (χ0n) is 10.4. The lowest BCUT2D eigenvalue weighted by atomic mass is 9.99. The van der Waals surface area contributed by atoms with Crippen LogP contribution in [0.1, 0.15) is 11.1 Å². The molecule has 0 unspecified atom stereocenters. The highest BCUT2D eigenvalue weighted by atomic mass is 16.5. The summed E-state index contributed by atoms with van der Waals surface area (Å²) in [7, 11) is 3.30. The Morgan fingerprint density at radius 3 is 2.61 bits per heavy atom. The van der Waals surface area contributed by atoms with Gasteiger partial charge in [0.05, 0.1) is 14.2 Å². The third kappa shape index (κ3) is 1.68. The van der Waals surface area contributed by atoms with Crippen LogP contribution in [-0.4, -0.2) is 14.2 Å². The first-order valence-electron chi connectivity index (χ1n) is 5.82. The van der Waals surface area contributed by atoms with Crippen molar-refractivity contribution < 1.29 is 14.2 Å². The Bertz CT molecular complexity index is 590. The van der Waals surface area contributed by atoms with Gasteiger partial charge in [0.1, 0.15) is 23.0 Å². The molecular weight excluding hydrogens is 228 g/mol. The molecule has 3 heteroatoms. The fourth-order valence-corrected chi connectivity index (χ4v) is 2.22. The van der Waals surface area contributed by atoms with Crippen LogP contribution in [0.25, 0.3) is 0 Å². The summed E-state index contributed by atoms with van der Waals surface area (Å²) in [6.45, 7) is 0. The van der Waals surface area contributed by atoms with E-state index < -0.39 is 0 Å². The molecule has 0 amide bonds. The monoisotopic (exact) mass is 242 g/mol. The van der Waals surface area contributed by atoms with Crippen molar-refractivity contribution in [1.29, 1.82) is 0 Å². The van der Waals surface area contributed by atoms with E-state index in [0.29, 0.717) is 0 Å². The van der Waals surface area contributed by atoms with Crippen molar-refractivity contribution in [3.63, 3.8) is 0 Å². The number of hydrogen-bond donors (Lipinski definition) is 0. The highest BCUT2D eigenvalue weighted by Crippen LogP contribution is 2.43. The Morgan fingerprint density at radius 1 is 1.00 bits per heavy atom. The lowest BCUT2D eigenvalue weighted by Crippen LogP contribution is -2.05. The molecule has 0 fully saturated rings. The van der Waals surface area contributed by atoms with E-state index in [1.165, 1.54) is 5.56 Å². The maximum absolute atomic E-state index is 5.90. The van der Waals surface area contributed by atoms with Gasteiger partial charge < -0.3 is 14.2 Å². The minimum atomic E-state index is 0.741. The SMILES string of the molecule is COc1cc(OC)c2c(c1)Oc1ccccc1C2. The van der Waals surface area contributed by atoms with Gasteiger partial charge in [0.25, 0.3) is 0 Å². The highest BCUT2D eigenvalue weighted by Gasteiger charge is 2.21. The Labute approximate surface area is 106 Å². The molecule has 3 nitrogen and oxygen atoms in total. The molecule has 0 radical (unpaired) electrons. The van der Waals surface area contributed by atoms with Crippen molar-refractivity contribution in [2.24, 2.45) is 0 Å². The predicted octanol–water partition coefficient (Wildman–Crippen LogP) is 3.40.